The van der Waals surface area contributed by atoms with Crippen LogP contribution in [-0.4, -0.2) is 29.7 Å². The normalized spacial score (nSPS) is 14.2. The molecule has 33 heavy (non-hydrogen) atoms. The van der Waals surface area contributed by atoms with Gasteiger partial charge >= 0.3 is 0 Å². The van der Waals surface area contributed by atoms with Gasteiger partial charge in [0.2, 0.25) is 5.95 Å². The summed E-state index contributed by atoms with van der Waals surface area (Å²) in [6, 6.07) is 5.04. The van der Waals surface area contributed by atoms with Gasteiger partial charge in [-0.2, -0.15) is 20.3 Å². The Morgan fingerprint density at radius 2 is 2.09 bits per heavy atom. The Morgan fingerprint density at radius 1 is 1.30 bits per heavy atom. The van der Waals surface area contributed by atoms with Crippen molar-refractivity contribution in [1.29, 1.82) is 5.26 Å². The van der Waals surface area contributed by atoms with Crippen LogP contribution in [0.2, 0.25) is 5.02 Å². The molecule has 3 aromatic heterocycles. The van der Waals surface area contributed by atoms with E-state index in [1.54, 1.807) is 6.07 Å². The standard InChI is InChI=1S/C20H16ClFN10O/c21-13-16(24)29-20(25)30-17(13)27-15(8-1-2-8)18-28-14-9(7-23)5-10(22)6-11(14)19(33)32(18)12-3-4-26-31-12/h3-6,8,15H,1-2H2,(H,26,31)(H5,24,25,27,29,30)/t15-/m0/s1. The molecule has 0 spiro atoms. The molecule has 6 N–H and O–H groups in total. The van der Waals surface area contributed by atoms with Crippen molar-refractivity contribution < 1.29 is 4.39 Å². The number of nitrogens with one attached hydrogen (secondary N) is 2. The van der Waals surface area contributed by atoms with E-state index >= 15 is 0 Å². The Hall–Kier alpha value is -4.24. The molecule has 0 saturated heterocycles. The summed E-state index contributed by atoms with van der Waals surface area (Å²) in [4.78, 5) is 26.1. The predicted octanol–water partition coefficient (Wildman–Crippen LogP) is 2.29. The van der Waals surface area contributed by atoms with Crippen LogP contribution in [-0.2, 0) is 0 Å². The maximum Gasteiger partial charge on any atom is 0.267 e. The largest absolute Gasteiger partial charge is 0.382 e. The lowest BCUT2D eigenvalue weighted by Crippen LogP contribution is -2.30. The number of halogens is 2. The van der Waals surface area contributed by atoms with Gasteiger partial charge in [-0.25, -0.2) is 13.9 Å². The highest BCUT2D eigenvalue weighted by Gasteiger charge is 2.37. The number of rotatable bonds is 5. The second-order valence-electron chi connectivity index (χ2n) is 7.60. The number of nitrogens with two attached hydrogens (primary N) is 2. The number of anilines is 3. The van der Waals surface area contributed by atoms with Gasteiger partial charge < -0.3 is 16.8 Å². The first-order valence-electron chi connectivity index (χ1n) is 9.88. The second kappa shape index (κ2) is 7.72. The second-order valence-corrected chi connectivity index (χ2v) is 7.98. The van der Waals surface area contributed by atoms with Crippen LogP contribution >= 0.6 is 11.6 Å². The van der Waals surface area contributed by atoms with E-state index in [4.69, 9.17) is 23.1 Å². The fourth-order valence-corrected chi connectivity index (χ4v) is 3.86. The summed E-state index contributed by atoms with van der Waals surface area (Å²) in [5, 5.41) is 19.4. The summed E-state index contributed by atoms with van der Waals surface area (Å²) in [7, 11) is 0. The molecule has 0 aliphatic heterocycles. The zero-order valence-corrected chi connectivity index (χ0v) is 17.6. The number of nitrogens with zero attached hydrogens (tertiary/aromatic N) is 6. The minimum Gasteiger partial charge on any atom is -0.382 e. The van der Waals surface area contributed by atoms with Crippen LogP contribution in [0.15, 0.2) is 29.2 Å². The van der Waals surface area contributed by atoms with Gasteiger partial charge in [-0.1, -0.05) is 11.6 Å². The summed E-state index contributed by atoms with van der Waals surface area (Å²) in [5.74, 6) is 0.0697. The Balaban J connectivity index is 1.78. The Labute approximate surface area is 190 Å². The molecular formula is C20H16ClFN10O. The lowest BCUT2D eigenvalue weighted by molar-refractivity contribution is 0.604. The average molecular weight is 467 g/mol. The van der Waals surface area contributed by atoms with E-state index in [2.05, 4.69) is 30.5 Å². The van der Waals surface area contributed by atoms with E-state index < -0.39 is 17.4 Å². The molecule has 13 heteroatoms. The number of aromatic nitrogens is 6. The molecule has 1 aliphatic carbocycles. The topological polar surface area (TPSA) is 177 Å². The molecule has 0 amide bonds. The minimum absolute atomic E-state index is 0.000819. The molecule has 166 valence electrons. The maximum absolute atomic E-state index is 14.1. The molecule has 0 radical (unpaired) electrons. The summed E-state index contributed by atoms with van der Waals surface area (Å²) in [6.45, 7) is 0. The summed E-state index contributed by atoms with van der Waals surface area (Å²) in [5.41, 5.74) is 11.0. The first kappa shape index (κ1) is 20.7. The highest BCUT2D eigenvalue weighted by Crippen LogP contribution is 2.43. The fourth-order valence-electron chi connectivity index (χ4n) is 3.72. The molecular weight excluding hydrogens is 451 g/mol. The van der Waals surface area contributed by atoms with Crippen molar-refractivity contribution >= 4 is 40.1 Å². The maximum atomic E-state index is 14.1. The third-order valence-electron chi connectivity index (χ3n) is 5.37. The van der Waals surface area contributed by atoms with Crippen molar-refractivity contribution in [2.75, 3.05) is 16.8 Å². The van der Waals surface area contributed by atoms with Gasteiger partial charge in [0.05, 0.1) is 28.7 Å². The molecule has 4 aromatic rings. The molecule has 0 unspecified atom stereocenters. The van der Waals surface area contributed by atoms with Crippen LogP contribution in [0.25, 0.3) is 16.7 Å². The number of H-pyrrole nitrogens is 1. The van der Waals surface area contributed by atoms with E-state index in [0.717, 1.165) is 25.0 Å². The highest BCUT2D eigenvalue weighted by molar-refractivity contribution is 6.35. The van der Waals surface area contributed by atoms with Gasteiger partial charge in [0, 0.05) is 6.07 Å². The van der Waals surface area contributed by atoms with Crippen molar-refractivity contribution in [1.82, 2.24) is 29.7 Å². The number of aromatic amines is 1. The number of nitriles is 1. The first-order valence-corrected chi connectivity index (χ1v) is 10.3. The summed E-state index contributed by atoms with van der Waals surface area (Å²) < 4.78 is 15.4. The first-order chi connectivity index (χ1) is 15.9. The van der Waals surface area contributed by atoms with Gasteiger partial charge in [-0.15, -0.1) is 0 Å². The van der Waals surface area contributed by atoms with Crippen molar-refractivity contribution in [3.05, 3.63) is 57.0 Å². The van der Waals surface area contributed by atoms with Gasteiger partial charge in [-0.3, -0.25) is 9.89 Å². The molecule has 1 atom stereocenters. The number of benzene rings is 1. The van der Waals surface area contributed by atoms with Crippen LogP contribution in [0, 0.1) is 23.1 Å². The Morgan fingerprint density at radius 3 is 2.76 bits per heavy atom. The van der Waals surface area contributed by atoms with Crippen LogP contribution in [0.1, 0.15) is 30.3 Å². The predicted molar refractivity (Wildman–Crippen MR) is 119 cm³/mol. The van der Waals surface area contributed by atoms with Crippen molar-refractivity contribution in [2.45, 2.75) is 18.9 Å². The molecule has 0 bridgehead atoms. The van der Waals surface area contributed by atoms with Crippen LogP contribution in [0.4, 0.5) is 22.0 Å². The SMILES string of the molecule is N#Cc1cc(F)cc2c(=O)n(-c3ccn[nH]3)c([C@@H](Nc3nc(N)nc(N)c3Cl)C3CC3)nc12. The van der Waals surface area contributed by atoms with Crippen molar-refractivity contribution in [3.63, 3.8) is 0 Å². The van der Waals surface area contributed by atoms with Gasteiger partial charge in [0.15, 0.2) is 5.82 Å². The molecule has 1 fully saturated rings. The van der Waals surface area contributed by atoms with Crippen LogP contribution in [0.5, 0.6) is 0 Å². The third-order valence-corrected chi connectivity index (χ3v) is 5.74. The quantitative estimate of drug-likeness (QED) is 0.343. The fraction of sp³-hybridized carbons (Fsp3) is 0.200. The summed E-state index contributed by atoms with van der Waals surface area (Å²) >= 11 is 6.29. The number of fused-ring (bicyclic) bond motifs is 1. The Kier molecular flexibility index (Phi) is 4.83. The van der Waals surface area contributed by atoms with Gasteiger partial charge in [0.1, 0.15) is 34.4 Å². The zero-order chi connectivity index (χ0) is 23.3. The smallest absolute Gasteiger partial charge is 0.267 e. The molecule has 3 heterocycles. The third kappa shape index (κ3) is 3.58. The minimum atomic E-state index is -0.711. The number of hydrogen-bond donors (Lipinski definition) is 4. The zero-order valence-electron chi connectivity index (χ0n) is 16.9. The van der Waals surface area contributed by atoms with E-state index in [-0.39, 0.29) is 50.8 Å². The van der Waals surface area contributed by atoms with Crippen LogP contribution < -0.4 is 22.3 Å². The van der Waals surface area contributed by atoms with E-state index in [9.17, 15) is 14.4 Å². The van der Waals surface area contributed by atoms with Crippen LogP contribution in [0.3, 0.4) is 0 Å². The molecule has 1 saturated carbocycles. The monoisotopic (exact) mass is 466 g/mol. The molecule has 1 aromatic carbocycles. The molecule has 11 nitrogen and oxygen atoms in total. The van der Waals surface area contributed by atoms with E-state index in [0.29, 0.717) is 5.82 Å². The summed E-state index contributed by atoms with van der Waals surface area (Å²) in [6.07, 6.45) is 3.16. The average Bonchev–Trinajstić information content (AvgIpc) is 3.48. The van der Waals surface area contributed by atoms with Gasteiger partial charge in [0.25, 0.3) is 5.56 Å². The van der Waals surface area contributed by atoms with E-state index in [1.807, 2.05) is 6.07 Å². The highest BCUT2D eigenvalue weighted by atomic mass is 35.5. The lowest BCUT2D eigenvalue weighted by Gasteiger charge is -2.23. The van der Waals surface area contributed by atoms with Crippen molar-refractivity contribution in [2.24, 2.45) is 5.92 Å². The number of nitrogen functional groups attached to an aromatic ring is 2. The number of hydrogen-bond acceptors (Lipinski definition) is 9. The molecule has 5 rings (SSSR count). The Bertz CT molecular complexity index is 1490. The molecule has 1 aliphatic rings. The lowest BCUT2D eigenvalue weighted by atomic mass is 10.1. The van der Waals surface area contributed by atoms with Crippen molar-refractivity contribution in [3.8, 4) is 11.9 Å². The van der Waals surface area contributed by atoms with E-state index in [1.165, 1.54) is 10.8 Å². The van der Waals surface area contributed by atoms with Gasteiger partial charge in [-0.05, 0) is 30.9 Å².